The molecule has 0 radical (unpaired) electrons. The molecule has 0 spiro atoms. The van der Waals surface area contributed by atoms with E-state index in [1.807, 2.05) is 66.1 Å². The summed E-state index contributed by atoms with van der Waals surface area (Å²) in [4.78, 5) is 13.7. The molecule has 152 valence electrons. The lowest BCUT2D eigenvalue weighted by Gasteiger charge is -2.10. The van der Waals surface area contributed by atoms with Crippen LogP contribution in [0.25, 0.3) is 16.6 Å². The Bertz CT molecular complexity index is 1250. The van der Waals surface area contributed by atoms with Crippen molar-refractivity contribution in [1.29, 1.82) is 0 Å². The Labute approximate surface area is 189 Å². The van der Waals surface area contributed by atoms with Crippen molar-refractivity contribution in [2.45, 2.75) is 24.5 Å². The maximum atomic E-state index is 12.6. The lowest BCUT2D eigenvalue weighted by molar-refractivity contribution is 0.101. The van der Waals surface area contributed by atoms with Crippen LogP contribution in [0, 0.1) is 6.92 Å². The van der Waals surface area contributed by atoms with Gasteiger partial charge in [0.1, 0.15) is 5.75 Å². The standard InChI is InChI=1S/C24H19Cl2NO2S/c1-14-23(15(2)28)24-20(13-30-19-9-5-17(26)6-10-19)22(29)12-11-21(24)27(14)18-7-3-16(25)4-8-18/h3-12,29H,13H2,1-2H3. The molecule has 3 nitrogen and oxygen atoms in total. The number of thioether (sulfide) groups is 1. The van der Waals surface area contributed by atoms with Crippen molar-refractivity contribution in [3.8, 4) is 11.4 Å². The van der Waals surface area contributed by atoms with Crippen LogP contribution >= 0.6 is 35.0 Å². The van der Waals surface area contributed by atoms with Gasteiger partial charge in [0.2, 0.25) is 0 Å². The quantitative estimate of drug-likeness (QED) is 0.251. The minimum absolute atomic E-state index is 0.0337. The van der Waals surface area contributed by atoms with Gasteiger partial charge in [0, 0.05) is 48.6 Å². The molecule has 3 aromatic carbocycles. The average molecular weight is 456 g/mol. The Hall–Kier alpha value is -2.40. The molecule has 0 amide bonds. The van der Waals surface area contributed by atoms with Crippen LogP contribution in [0.5, 0.6) is 5.75 Å². The van der Waals surface area contributed by atoms with Crippen LogP contribution in [-0.4, -0.2) is 15.5 Å². The summed E-state index contributed by atoms with van der Waals surface area (Å²) in [6, 6.07) is 18.6. The summed E-state index contributed by atoms with van der Waals surface area (Å²) in [6.07, 6.45) is 0. The van der Waals surface area contributed by atoms with Crippen molar-refractivity contribution in [1.82, 2.24) is 4.57 Å². The lowest BCUT2D eigenvalue weighted by Crippen LogP contribution is -1.99. The van der Waals surface area contributed by atoms with Crippen LogP contribution in [0.1, 0.15) is 28.5 Å². The molecule has 0 saturated carbocycles. The summed E-state index contributed by atoms with van der Waals surface area (Å²) in [5.74, 6) is 0.670. The largest absolute Gasteiger partial charge is 0.508 e. The number of aromatic nitrogens is 1. The van der Waals surface area contributed by atoms with E-state index in [1.165, 1.54) is 0 Å². The third kappa shape index (κ3) is 3.83. The van der Waals surface area contributed by atoms with E-state index in [4.69, 9.17) is 23.2 Å². The van der Waals surface area contributed by atoms with Gasteiger partial charge in [-0.25, -0.2) is 0 Å². The second kappa shape index (κ2) is 8.38. The van der Waals surface area contributed by atoms with Gasteiger partial charge < -0.3 is 9.67 Å². The monoisotopic (exact) mass is 455 g/mol. The highest BCUT2D eigenvalue weighted by atomic mass is 35.5. The van der Waals surface area contributed by atoms with Crippen LogP contribution in [0.3, 0.4) is 0 Å². The van der Waals surface area contributed by atoms with E-state index in [2.05, 4.69) is 0 Å². The van der Waals surface area contributed by atoms with Gasteiger partial charge in [0.15, 0.2) is 5.78 Å². The van der Waals surface area contributed by atoms with Crippen LogP contribution < -0.4 is 0 Å². The van der Waals surface area contributed by atoms with Gasteiger partial charge in [-0.15, -0.1) is 11.8 Å². The number of carbonyl (C=O) groups excluding carboxylic acids is 1. The van der Waals surface area contributed by atoms with Gasteiger partial charge in [0.05, 0.1) is 5.52 Å². The summed E-state index contributed by atoms with van der Waals surface area (Å²) >= 11 is 13.6. The highest BCUT2D eigenvalue weighted by Crippen LogP contribution is 2.39. The lowest BCUT2D eigenvalue weighted by atomic mass is 10.0. The fourth-order valence-corrected chi connectivity index (χ4v) is 4.93. The summed E-state index contributed by atoms with van der Waals surface area (Å²) in [5.41, 5.74) is 4.00. The number of halogens is 2. The van der Waals surface area contributed by atoms with Crippen molar-refractivity contribution >= 4 is 51.6 Å². The van der Waals surface area contributed by atoms with Gasteiger partial charge in [-0.2, -0.15) is 0 Å². The van der Waals surface area contributed by atoms with E-state index in [9.17, 15) is 9.90 Å². The summed E-state index contributed by atoms with van der Waals surface area (Å²) in [6.45, 7) is 3.49. The molecule has 6 heteroatoms. The number of benzene rings is 3. The van der Waals surface area contributed by atoms with Crippen LogP contribution in [-0.2, 0) is 5.75 Å². The Kier molecular flexibility index (Phi) is 5.83. The molecule has 0 atom stereocenters. The SMILES string of the molecule is CC(=O)c1c(C)n(-c2ccc(Cl)cc2)c2ccc(O)c(CSc3ccc(Cl)cc3)c12. The van der Waals surface area contributed by atoms with Crippen molar-refractivity contribution in [2.24, 2.45) is 0 Å². The topological polar surface area (TPSA) is 42.2 Å². The third-order valence-corrected chi connectivity index (χ3v) is 6.63. The zero-order valence-electron chi connectivity index (χ0n) is 16.4. The number of fused-ring (bicyclic) bond motifs is 1. The van der Waals surface area contributed by atoms with Crippen LogP contribution in [0.15, 0.2) is 65.6 Å². The minimum atomic E-state index is -0.0337. The molecule has 0 aliphatic rings. The molecular weight excluding hydrogens is 437 g/mol. The molecule has 1 heterocycles. The molecule has 0 bridgehead atoms. The number of hydrogen-bond donors (Lipinski definition) is 1. The van der Waals surface area contributed by atoms with Crippen molar-refractivity contribution in [2.75, 3.05) is 0 Å². The first kappa shape index (κ1) is 20.9. The highest BCUT2D eigenvalue weighted by Gasteiger charge is 2.23. The second-order valence-electron chi connectivity index (χ2n) is 7.03. The minimum Gasteiger partial charge on any atom is -0.508 e. The molecule has 4 rings (SSSR count). The molecule has 0 aliphatic carbocycles. The maximum absolute atomic E-state index is 12.6. The van der Waals surface area contributed by atoms with E-state index < -0.39 is 0 Å². The number of hydrogen-bond acceptors (Lipinski definition) is 3. The van der Waals surface area contributed by atoms with E-state index >= 15 is 0 Å². The smallest absolute Gasteiger partial charge is 0.162 e. The van der Waals surface area contributed by atoms with Gasteiger partial charge in [0.25, 0.3) is 0 Å². The number of nitrogens with zero attached hydrogens (tertiary/aromatic N) is 1. The molecule has 1 N–H and O–H groups in total. The predicted octanol–water partition coefficient (Wildman–Crippen LogP) is 7.45. The van der Waals surface area contributed by atoms with Crippen molar-refractivity contribution < 1.29 is 9.90 Å². The summed E-state index contributed by atoms with van der Waals surface area (Å²) in [7, 11) is 0. The number of aromatic hydroxyl groups is 1. The number of rotatable bonds is 5. The van der Waals surface area contributed by atoms with Gasteiger partial charge in [-0.1, -0.05) is 23.2 Å². The molecule has 0 saturated heterocycles. The molecular formula is C24H19Cl2NO2S. The first-order valence-electron chi connectivity index (χ1n) is 9.38. The van der Waals surface area contributed by atoms with E-state index in [1.54, 1.807) is 24.8 Å². The first-order chi connectivity index (χ1) is 14.4. The second-order valence-corrected chi connectivity index (χ2v) is 8.95. The first-order valence-corrected chi connectivity index (χ1v) is 11.1. The molecule has 0 unspecified atom stereocenters. The number of ketones is 1. The van der Waals surface area contributed by atoms with Crippen LogP contribution in [0.4, 0.5) is 0 Å². The molecule has 1 aromatic heterocycles. The fourth-order valence-electron chi connectivity index (χ4n) is 3.75. The maximum Gasteiger partial charge on any atom is 0.162 e. The molecule has 0 aliphatic heterocycles. The highest BCUT2D eigenvalue weighted by molar-refractivity contribution is 7.98. The normalized spacial score (nSPS) is 11.2. The van der Waals surface area contributed by atoms with Gasteiger partial charge in [-0.3, -0.25) is 4.79 Å². The number of Topliss-reactive ketones (excluding diaryl/α,β-unsaturated/α-hetero) is 1. The number of carbonyl (C=O) groups is 1. The van der Waals surface area contributed by atoms with E-state index in [0.717, 1.165) is 32.7 Å². The average Bonchev–Trinajstić information content (AvgIpc) is 3.01. The molecule has 30 heavy (non-hydrogen) atoms. The fraction of sp³-hybridized carbons (Fsp3) is 0.125. The van der Waals surface area contributed by atoms with E-state index in [-0.39, 0.29) is 11.5 Å². The van der Waals surface area contributed by atoms with Gasteiger partial charge >= 0.3 is 0 Å². The third-order valence-electron chi connectivity index (χ3n) is 5.09. The summed E-state index contributed by atoms with van der Waals surface area (Å²) in [5, 5.41) is 12.8. The summed E-state index contributed by atoms with van der Waals surface area (Å²) < 4.78 is 2.04. The molecule has 0 fully saturated rings. The van der Waals surface area contributed by atoms with Crippen molar-refractivity contribution in [3.05, 3.63) is 87.5 Å². The van der Waals surface area contributed by atoms with Crippen LogP contribution in [0.2, 0.25) is 10.0 Å². The van der Waals surface area contributed by atoms with Crippen molar-refractivity contribution in [3.63, 3.8) is 0 Å². The Morgan fingerprint density at radius 2 is 1.57 bits per heavy atom. The van der Waals surface area contributed by atoms with E-state index in [0.29, 0.717) is 21.4 Å². The van der Waals surface area contributed by atoms with Gasteiger partial charge in [-0.05, 0) is 74.5 Å². The predicted molar refractivity (Wildman–Crippen MR) is 126 cm³/mol. The zero-order chi connectivity index (χ0) is 21.4. The Morgan fingerprint density at radius 1 is 0.967 bits per heavy atom. The zero-order valence-corrected chi connectivity index (χ0v) is 18.8. The Morgan fingerprint density at radius 3 is 2.17 bits per heavy atom. The number of phenolic OH excluding ortho intramolecular Hbond substituents is 1. The number of phenols is 1. The Balaban J connectivity index is 1.89. The molecule has 4 aromatic rings.